The number of aryl methyl sites for hydroxylation is 1. The van der Waals surface area contributed by atoms with Crippen LogP contribution in [-0.4, -0.2) is 66.0 Å². The topological polar surface area (TPSA) is 62.2 Å². The van der Waals surface area contributed by atoms with Crippen molar-refractivity contribution < 1.29 is 19.7 Å². The van der Waals surface area contributed by atoms with Crippen LogP contribution in [0.3, 0.4) is 0 Å². The second-order valence-corrected chi connectivity index (χ2v) is 9.82. The zero-order valence-corrected chi connectivity index (χ0v) is 22.1. The molecule has 2 aromatic rings. The molecule has 0 unspecified atom stereocenters. The number of alkyl halides is 1. The van der Waals surface area contributed by atoms with Crippen LogP contribution in [0.15, 0.2) is 42.5 Å². The molecule has 0 aliphatic carbocycles. The highest BCUT2D eigenvalue weighted by atomic mass is 35.5. The van der Waals surface area contributed by atoms with Gasteiger partial charge < -0.3 is 24.6 Å². The molecule has 0 aliphatic rings. The molecule has 5 nitrogen and oxygen atoms in total. The smallest absolute Gasteiger partial charge is 0.122 e. The Bertz CT molecular complexity index is 850. The van der Waals surface area contributed by atoms with Gasteiger partial charge in [0.15, 0.2) is 0 Å². The van der Waals surface area contributed by atoms with Gasteiger partial charge in [0.05, 0.1) is 5.88 Å². The first-order valence-corrected chi connectivity index (χ1v) is 12.9. The van der Waals surface area contributed by atoms with Crippen molar-refractivity contribution in [2.45, 2.75) is 65.1 Å². The van der Waals surface area contributed by atoms with Crippen LogP contribution in [0.1, 0.15) is 57.2 Å². The Morgan fingerprint density at radius 3 is 2.03 bits per heavy atom. The highest BCUT2D eigenvalue weighted by Gasteiger charge is 2.24. The summed E-state index contributed by atoms with van der Waals surface area (Å²) in [4.78, 5) is 2.29. The van der Waals surface area contributed by atoms with Crippen LogP contribution >= 0.6 is 11.6 Å². The first-order valence-electron chi connectivity index (χ1n) is 12.3. The minimum absolute atomic E-state index is 0.152. The Morgan fingerprint density at radius 2 is 1.47 bits per heavy atom. The maximum absolute atomic E-state index is 10.4. The summed E-state index contributed by atoms with van der Waals surface area (Å²) < 4.78 is 11.6. The van der Waals surface area contributed by atoms with Crippen molar-refractivity contribution >= 4 is 11.6 Å². The number of aliphatic hydroxyl groups excluding tert-OH is 2. The molecule has 2 atom stereocenters. The lowest BCUT2D eigenvalue weighted by Crippen LogP contribution is -2.36. The van der Waals surface area contributed by atoms with Crippen LogP contribution in [0.4, 0.5) is 0 Å². The van der Waals surface area contributed by atoms with Gasteiger partial charge >= 0.3 is 0 Å². The molecule has 2 N–H and O–H groups in total. The van der Waals surface area contributed by atoms with E-state index in [0.29, 0.717) is 6.54 Å². The number of ether oxygens (including phenoxy) is 2. The van der Waals surface area contributed by atoms with Gasteiger partial charge in [0.2, 0.25) is 0 Å². The van der Waals surface area contributed by atoms with Gasteiger partial charge in [-0.25, -0.2) is 0 Å². The van der Waals surface area contributed by atoms with Crippen LogP contribution in [0.25, 0.3) is 0 Å². The van der Waals surface area contributed by atoms with Crippen molar-refractivity contribution in [2.75, 3.05) is 38.7 Å². The van der Waals surface area contributed by atoms with Gasteiger partial charge in [0.1, 0.15) is 36.9 Å². The van der Waals surface area contributed by atoms with E-state index in [1.165, 1.54) is 11.1 Å². The van der Waals surface area contributed by atoms with Gasteiger partial charge in [0.25, 0.3) is 0 Å². The quantitative estimate of drug-likeness (QED) is 0.337. The Morgan fingerprint density at radius 1 is 0.882 bits per heavy atom. The normalized spacial score (nSPS) is 13.7. The predicted molar refractivity (Wildman–Crippen MR) is 140 cm³/mol. The Balaban J connectivity index is 1.99. The minimum atomic E-state index is -0.675. The Kier molecular flexibility index (Phi) is 11.7. The van der Waals surface area contributed by atoms with Crippen LogP contribution in [0.5, 0.6) is 11.5 Å². The van der Waals surface area contributed by atoms with E-state index < -0.39 is 12.2 Å². The molecule has 34 heavy (non-hydrogen) atoms. The largest absolute Gasteiger partial charge is 0.491 e. The molecule has 190 valence electrons. The Hall–Kier alpha value is -1.79. The first-order chi connectivity index (χ1) is 16.2. The van der Waals surface area contributed by atoms with Crippen LogP contribution < -0.4 is 9.47 Å². The predicted octanol–water partition coefficient (Wildman–Crippen LogP) is 5.16. The number of benzene rings is 2. The van der Waals surface area contributed by atoms with Gasteiger partial charge in [-0.15, -0.1) is 11.6 Å². The van der Waals surface area contributed by atoms with Crippen molar-refractivity contribution in [1.29, 1.82) is 0 Å². The molecule has 0 radical (unpaired) electrons. The number of halogens is 1. The average Bonchev–Trinajstić information content (AvgIpc) is 2.82. The van der Waals surface area contributed by atoms with E-state index in [9.17, 15) is 10.2 Å². The summed E-state index contributed by atoms with van der Waals surface area (Å²) in [5.41, 5.74) is 3.15. The monoisotopic (exact) mass is 491 g/mol. The molecule has 0 bridgehead atoms. The minimum Gasteiger partial charge on any atom is -0.491 e. The zero-order chi connectivity index (χ0) is 25.1. The van der Waals surface area contributed by atoms with Crippen molar-refractivity contribution in [3.63, 3.8) is 0 Å². The summed E-state index contributed by atoms with van der Waals surface area (Å²) in [7, 11) is 0. The molecule has 0 aromatic heterocycles. The highest BCUT2D eigenvalue weighted by Crippen LogP contribution is 2.34. The second kappa shape index (κ2) is 13.9. The maximum atomic E-state index is 10.4. The van der Waals surface area contributed by atoms with E-state index in [1.54, 1.807) is 0 Å². The number of hydrogen-bond acceptors (Lipinski definition) is 5. The third-order valence-corrected chi connectivity index (χ3v) is 6.43. The summed E-state index contributed by atoms with van der Waals surface area (Å²) in [6, 6.07) is 14.2. The van der Waals surface area contributed by atoms with E-state index in [-0.39, 0.29) is 24.5 Å². The molecule has 0 aliphatic heterocycles. The van der Waals surface area contributed by atoms with E-state index in [4.69, 9.17) is 21.1 Å². The van der Waals surface area contributed by atoms with E-state index in [2.05, 4.69) is 56.9 Å². The van der Waals surface area contributed by atoms with Gasteiger partial charge in [-0.3, -0.25) is 0 Å². The first kappa shape index (κ1) is 28.4. The fourth-order valence-corrected chi connectivity index (χ4v) is 4.12. The third-order valence-electron chi connectivity index (χ3n) is 6.07. The van der Waals surface area contributed by atoms with Gasteiger partial charge in [0, 0.05) is 12.0 Å². The van der Waals surface area contributed by atoms with Crippen LogP contribution in [0.2, 0.25) is 0 Å². The highest BCUT2D eigenvalue weighted by molar-refractivity contribution is 6.18. The lowest BCUT2D eigenvalue weighted by molar-refractivity contribution is 0.0681. The number of hydrogen-bond donors (Lipinski definition) is 2. The molecule has 0 saturated carbocycles. The molecule has 0 amide bonds. The molecular formula is C28H42ClNO4. The number of nitrogens with zero attached hydrogens (tertiary/aromatic N) is 1. The summed E-state index contributed by atoms with van der Waals surface area (Å²) in [5.74, 6) is 1.66. The van der Waals surface area contributed by atoms with E-state index in [1.807, 2.05) is 25.1 Å². The molecule has 0 spiro atoms. The van der Waals surface area contributed by atoms with E-state index in [0.717, 1.165) is 43.0 Å². The average molecular weight is 492 g/mol. The van der Waals surface area contributed by atoms with Gasteiger partial charge in [-0.2, -0.15) is 0 Å². The lowest BCUT2D eigenvalue weighted by Gasteiger charge is -2.27. The fraction of sp³-hybridized carbons (Fsp3) is 0.571. The molecular weight excluding hydrogens is 450 g/mol. The summed E-state index contributed by atoms with van der Waals surface area (Å²) in [6.07, 6.45) is 0.975. The zero-order valence-electron chi connectivity index (χ0n) is 21.4. The SMILES string of the molecule is CCCN(CCC)C[C@@H](O)COc1ccc(C(C)(C)c2ccc(OC[C@@H](O)CCl)c(C)c2)cc1. The summed E-state index contributed by atoms with van der Waals surface area (Å²) in [5, 5.41) is 20.0. The van der Waals surface area contributed by atoms with Crippen molar-refractivity contribution in [1.82, 2.24) is 4.90 Å². The second-order valence-electron chi connectivity index (χ2n) is 9.51. The van der Waals surface area contributed by atoms with Crippen LogP contribution in [0, 0.1) is 6.92 Å². The molecule has 2 aromatic carbocycles. The fourth-order valence-electron chi connectivity index (χ4n) is 4.04. The number of aliphatic hydroxyl groups is 2. The van der Waals surface area contributed by atoms with Gasteiger partial charge in [-0.1, -0.05) is 52.0 Å². The molecule has 0 fully saturated rings. The lowest BCUT2D eigenvalue weighted by atomic mass is 9.77. The van der Waals surface area contributed by atoms with Crippen LogP contribution in [-0.2, 0) is 5.41 Å². The molecule has 0 heterocycles. The standard InChI is InChI=1S/C28H42ClNO4/c1-6-14-30(15-7-2)18-25(32)20-33-26-11-8-22(9-12-26)28(4,5)23-10-13-27(21(3)16-23)34-19-24(31)17-29/h8-13,16,24-25,31-32H,6-7,14-15,17-20H2,1-5H3/t24-,25+/m0/s1. The number of rotatable bonds is 15. The third kappa shape index (κ3) is 8.46. The van der Waals surface area contributed by atoms with Crippen molar-refractivity contribution in [2.24, 2.45) is 0 Å². The summed E-state index contributed by atoms with van der Waals surface area (Å²) >= 11 is 5.65. The molecule has 6 heteroatoms. The Labute approximate surface area is 210 Å². The van der Waals surface area contributed by atoms with Crippen molar-refractivity contribution in [3.8, 4) is 11.5 Å². The maximum Gasteiger partial charge on any atom is 0.122 e. The van der Waals surface area contributed by atoms with E-state index >= 15 is 0 Å². The van der Waals surface area contributed by atoms with Crippen molar-refractivity contribution in [3.05, 3.63) is 59.2 Å². The molecule has 0 saturated heterocycles. The summed E-state index contributed by atoms with van der Waals surface area (Å²) in [6.45, 7) is 13.8. The molecule has 2 rings (SSSR count). The van der Waals surface area contributed by atoms with Gasteiger partial charge in [-0.05, 0) is 67.7 Å².